The van der Waals surface area contributed by atoms with Gasteiger partial charge in [-0.25, -0.2) is 9.97 Å². The van der Waals surface area contributed by atoms with Crippen LogP contribution in [0.3, 0.4) is 0 Å². The molecule has 4 nitrogen and oxygen atoms in total. The maximum atomic E-state index is 4.76. The Hall–Kier alpha value is -3.24. The molecule has 0 amide bonds. The van der Waals surface area contributed by atoms with Crippen LogP contribution in [0.5, 0.6) is 0 Å². The van der Waals surface area contributed by atoms with Gasteiger partial charge in [-0.2, -0.15) is 0 Å². The van der Waals surface area contributed by atoms with Crippen LogP contribution >= 0.6 is 0 Å². The Balaban J connectivity index is 1.28. The van der Waals surface area contributed by atoms with Crippen molar-refractivity contribution in [2.75, 3.05) is 18.4 Å². The Bertz CT molecular complexity index is 1160. The van der Waals surface area contributed by atoms with E-state index < -0.39 is 0 Å². The maximum absolute atomic E-state index is 4.76. The minimum absolute atomic E-state index is 0.386. The van der Waals surface area contributed by atoms with Gasteiger partial charge in [-0.3, -0.25) is 4.90 Å². The minimum Gasteiger partial charge on any atom is -0.350 e. The predicted octanol–water partition coefficient (Wildman–Crippen LogP) is 5.29. The second-order valence-corrected chi connectivity index (χ2v) is 8.13. The number of hydrogen-bond donors (Lipinski definition) is 1. The smallest absolute Gasteiger partial charge is 0.223 e. The van der Waals surface area contributed by atoms with E-state index in [-0.39, 0.29) is 0 Å². The van der Waals surface area contributed by atoms with E-state index >= 15 is 0 Å². The first-order chi connectivity index (χ1) is 14.7. The molecule has 3 aromatic carbocycles. The van der Waals surface area contributed by atoms with Crippen molar-refractivity contribution in [3.8, 4) is 11.1 Å². The molecule has 4 aromatic rings. The van der Waals surface area contributed by atoms with Crippen LogP contribution in [0.1, 0.15) is 17.5 Å². The lowest BCUT2D eigenvalue weighted by Crippen LogP contribution is -2.26. The van der Waals surface area contributed by atoms with Crippen LogP contribution in [0.4, 0.5) is 5.95 Å². The van der Waals surface area contributed by atoms with Crippen molar-refractivity contribution >= 4 is 16.9 Å². The van der Waals surface area contributed by atoms with Crippen molar-refractivity contribution in [3.63, 3.8) is 0 Å². The van der Waals surface area contributed by atoms with Gasteiger partial charge in [-0.05, 0) is 47.7 Å². The van der Waals surface area contributed by atoms with Crippen LogP contribution < -0.4 is 5.32 Å². The summed E-state index contributed by atoms with van der Waals surface area (Å²) in [6.45, 7) is 5.26. The Labute approximate surface area is 177 Å². The monoisotopic (exact) mass is 394 g/mol. The quantitative estimate of drug-likeness (QED) is 0.499. The molecule has 1 saturated heterocycles. The summed E-state index contributed by atoms with van der Waals surface area (Å²) in [6.07, 6.45) is 3.05. The molecule has 0 aliphatic carbocycles. The Morgan fingerprint density at radius 2 is 1.83 bits per heavy atom. The topological polar surface area (TPSA) is 41.1 Å². The molecule has 1 aliphatic heterocycles. The fourth-order valence-corrected chi connectivity index (χ4v) is 4.29. The summed E-state index contributed by atoms with van der Waals surface area (Å²) in [5, 5.41) is 4.61. The second kappa shape index (κ2) is 8.25. The molecular formula is C26H26N4. The Kier molecular flexibility index (Phi) is 5.16. The highest BCUT2D eigenvalue weighted by Gasteiger charge is 2.23. The number of anilines is 1. The van der Waals surface area contributed by atoms with Crippen molar-refractivity contribution < 1.29 is 0 Å². The third kappa shape index (κ3) is 4.05. The van der Waals surface area contributed by atoms with E-state index in [1.807, 2.05) is 6.20 Å². The molecule has 5 rings (SSSR count). The lowest BCUT2D eigenvalue weighted by molar-refractivity contribution is 0.328. The minimum atomic E-state index is 0.386. The molecular weight excluding hydrogens is 368 g/mol. The Morgan fingerprint density at radius 1 is 1.00 bits per heavy atom. The third-order valence-electron chi connectivity index (χ3n) is 5.89. The lowest BCUT2D eigenvalue weighted by Gasteiger charge is -2.17. The number of fused-ring (bicyclic) bond motifs is 1. The summed E-state index contributed by atoms with van der Waals surface area (Å²) in [4.78, 5) is 11.8. The number of benzene rings is 3. The van der Waals surface area contributed by atoms with Crippen molar-refractivity contribution in [1.82, 2.24) is 14.9 Å². The highest BCUT2D eigenvalue weighted by molar-refractivity contribution is 5.85. The number of nitrogens with one attached hydrogen (secondary N) is 1. The lowest BCUT2D eigenvalue weighted by atomic mass is 9.99. The average molecular weight is 395 g/mol. The molecule has 1 aliphatic rings. The fourth-order valence-electron chi connectivity index (χ4n) is 4.29. The molecule has 150 valence electrons. The highest BCUT2D eigenvalue weighted by Crippen LogP contribution is 2.26. The number of hydrogen-bond acceptors (Lipinski definition) is 4. The number of rotatable bonds is 5. The van der Waals surface area contributed by atoms with E-state index in [9.17, 15) is 0 Å². The van der Waals surface area contributed by atoms with Gasteiger partial charge in [0.05, 0.1) is 5.52 Å². The van der Waals surface area contributed by atoms with Gasteiger partial charge in [-0.1, -0.05) is 60.7 Å². The molecule has 0 spiro atoms. The molecule has 30 heavy (non-hydrogen) atoms. The van der Waals surface area contributed by atoms with Crippen LogP contribution in [0.2, 0.25) is 0 Å². The zero-order valence-corrected chi connectivity index (χ0v) is 17.3. The van der Waals surface area contributed by atoms with E-state index in [0.29, 0.717) is 6.04 Å². The zero-order valence-electron chi connectivity index (χ0n) is 17.3. The first kappa shape index (κ1) is 18.8. The number of aryl methyl sites for hydroxylation is 1. The van der Waals surface area contributed by atoms with Gasteiger partial charge < -0.3 is 5.32 Å². The van der Waals surface area contributed by atoms with E-state index in [1.165, 1.54) is 22.3 Å². The van der Waals surface area contributed by atoms with Crippen LogP contribution in [0, 0.1) is 6.92 Å². The summed E-state index contributed by atoms with van der Waals surface area (Å²) in [5.41, 5.74) is 6.08. The summed E-state index contributed by atoms with van der Waals surface area (Å²) >= 11 is 0. The maximum Gasteiger partial charge on any atom is 0.223 e. The van der Waals surface area contributed by atoms with Gasteiger partial charge in [0.15, 0.2) is 0 Å². The van der Waals surface area contributed by atoms with Crippen LogP contribution in [0.15, 0.2) is 79.0 Å². The van der Waals surface area contributed by atoms with E-state index in [1.54, 1.807) is 0 Å². The normalized spacial score (nSPS) is 16.8. The van der Waals surface area contributed by atoms with Gasteiger partial charge in [0, 0.05) is 37.3 Å². The van der Waals surface area contributed by atoms with Gasteiger partial charge in [0.2, 0.25) is 5.95 Å². The second-order valence-electron chi connectivity index (χ2n) is 8.13. The van der Waals surface area contributed by atoms with E-state index in [4.69, 9.17) is 4.98 Å². The highest BCUT2D eigenvalue weighted by atomic mass is 15.2. The van der Waals surface area contributed by atoms with Gasteiger partial charge in [0.1, 0.15) is 0 Å². The first-order valence-electron chi connectivity index (χ1n) is 10.6. The number of likely N-dealkylation sites (tertiary alicyclic amines) is 1. The number of aromatic nitrogens is 2. The van der Waals surface area contributed by atoms with Crippen molar-refractivity contribution in [2.24, 2.45) is 0 Å². The SMILES string of the molecule is Cc1ccccc1-c1ccc2nc(NC3CCN(Cc4ccccc4)C3)ncc2c1. The molecule has 1 aromatic heterocycles. The standard InChI is InChI=1S/C26H26N4/c1-19-7-5-6-10-24(19)21-11-12-25-22(15-21)16-27-26(29-25)28-23-13-14-30(18-23)17-20-8-3-2-4-9-20/h2-12,15-16,23H,13-14,17-18H2,1H3,(H,27,28,29). The van der Waals surface area contributed by atoms with Gasteiger partial charge in [-0.15, -0.1) is 0 Å². The fraction of sp³-hybridized carbons (Fsp3) is 0.231. The van der Waals surface area contributed by atoms with Gasteiger partial charge in [0.25, 0.3) is 0 Å². The molecule has 1 N–H and O–H groups in total. The van der Waals surface area contributed by atoms with Crippen LogP contribution in [-0.4, -0.2) is 34.0 Å². The molecule has 0 radical (unpaired) electrons. The molecule has 1 unspecified atom stereocenters. The average Bonchev–Trinajstić information content (AvgIpc) is 3.21. The molecule has 0 bridgehead atoms. The zero-order chi connectivity index (χ0) is 20.3. The summed E-state index contributed by atoms with van der Waals surface area (Å²) in [6, 6.07) is 25.9. The molecule has 1 atom stereocenters. The predicted molar refractivity (Wildman–Crippen MR) is 123 cm³/mol. The molecule has 0 saturated carbocycles. The van der Waals surface area contributed by atoms with Crippen LogP contribution in [-0.2, 0) is 6.54 Å². The summed E-state index contributed by atoms with van der Waals surface area (Å²) in [7, 11) is 0. The largest absolute Gasteiger partial charge is 0.350 e. The first-order valence-corrected chi connectivity index (χ1v) is 10.6. The van der Waals surface area contributed by atoms with E-state index in [0.717, 1.165) is 42.9 Å². The molecule has 2 heterocycles. The van der Waals surface area contributed by atoms with Crippen molar-refractivity contribution in [1.29, 1.82) is 0 Å². The van der Waals surface area contributed by atoms with Crippen molar-refractivity contribution in [2.45, 2.75) is 25.9 Å². The summed E-state index contributed by atoms with van der Waals surface area (Å²) < 4.78 is 0. The molecule has 1 fully saturated rings. The van der Waals surface area contributed by atoms with Crippen LogP contribution in [0.25, 0.3) is 22.0 Å². The van der Waals surface area contributed by atoms with Gasteiger partial charge >= 0.3 is 0 Å². The summed E-state index contributed by atoms with van der Waals surface area (Å²) in [5.74, 6) is 0.720. The molecule has 4 heteroatoms. The van der Waals surface area contributed by atoms with Crippen molar-refractivity contribution in [3.05, 3.63) is 90.1 Å². The Morgan fingerprint density at radius 3 is 2.70 bits per heavy atom. The van der Waals surface area contributed by atoms with E-state index in [2.05, 4.69) is 94.9 Å². The number of nitrogens with zero attached hydrogens (tertiary/aromatic N) is 3. The third-order valence-corrected chi connectivity index (χ3v) is 5.89.